The number of ether oxygens (including phenoxy) is 3. The molecule has 0 aromatic heterocycles. The van der Waals surface area contributed by atoms with E-state index >= 15 is 0 Å². The molecule has 1 saturated heterocycles. The first-order valence-corrected chi connectivity index (χ1v) is 8.05. The molecule has 0 radical (unpaired) electrons. The zero-order valence-corrected chi connectivity index (χ0v) is 13.9. The number of nitrogens with zero attached hydrogens (tertiary/aromatic N) is 1. The van der Waals surface area contributed by atoms with Crippen LogP contribution < -0.4 is 14.8 Å². The van der Waals surface area contributed by atoms with Gasteiger partial charge in [-0.3, -0.25) is 14.5 Å². The number of amides is 1. The van der Waals surface area contributed by atoms with Crippen molar-refractivity contribution in [2.24, 2.45) is 0 Å². The largest absolute Gasteiger partial charge is 0.469 e. The topological polar surface area (TPSA) is 77.1 Å². The summed E-state index contributed by atoms with van der Waals surface area (Å²) in [7, 11) is 3.39. The van der Waals surface area contributed by atoms with Crippen LogP contribution in [-0.2, 0) is 9.53 Å². The molecule has 1 N–H and O–H groups in total. The van der Waals surface area contributed by atoms with Gasteiger partial charge in [-0.05, 0) is 38.1 Å². The highest BCUT2D eigenvalue weighted by atomic mass is 16.7. The predicted molar refractivity (Wildman–Crippen MR) is 86.1 cm³/mol. The summed E-state index contributed by atoms with van der Waals surface area (Å²) in [6, 6.07) is 5.55. The fourth-order valence-corrected chi connectivity index (χ4v) is 3.21. The van der Waals surface area contributed by atoms with E-state index in [-0.39, 0.29) is 30.8 Å². The monoisotopic (exact) mass is 334 g/mol. The molecule has 2 heterocycles. The van der Waals surface area contributed by atoms with Gasteiger partial charge in [-0.15, -0.1) is 0 Å². The number of likely N-dealkylation sites (tertiary alicyclic amines) is 1. The lowest BCUT2D eigenvalue weighted by Crippen LogP contribution is -2.41. The number of carbonyl (C=O) groups excluding carboxylic acids is 2. The number of methoxy groups -OCH3 is 1. The third-order valence-corrected chi connectivity index (χ3v) is 4.75. The first kappa shape index (κ1) is 16.6. The fraction of sp³-hybridized carbons (Fsp3) is 0.529. The van der Waals surface area contributed by atoms with Crippen LogP contribution >= 0.6 is 0 Å². The number of likely N-dealkylation sites (N-methyl/N-ethyl adjacent to an activating group) is 1. The molecule has 1 amide bonds. The van der Waals surface area contributed by atoms with Crippen molar-refractivity contribution in [3.63, 3.8) is 0 Å². The molecule has 7 nitrogen and oxygen atoms in total. The average molecular weight is 334 g/mol. The lowest BCUT2D eigenvalue weighted by molar-refractivity contribution is -0.141. The maximum atomic E-state index is 12.3. The van der Waals surface area contributed by atoms with Crippen LogP contribution in [0, 0.1) is 0 Å². The van der Waals surface area contributed by atoms with Crippen molar-refractivity contribution in [3.05, 3.63) is 23.8 Å². The lowest BCUT2D eigenvalue weighted by Gasteiger charge is -2.25. The van der Waals surface area contributed by atoms with Crippen molar-refractivity contribution in [2.75, 3.05) is 27.5 Å². The van der Waals surface area contributed by atoms with Crippen molar-refractivity contribution in [2.45, 2.75) is 31.3 Å². The summed E-state index contributed by atoms with van der Waals surface area (Å²) in [5.74, 6) is 0.918. The molecule has 7 heteroatoms. The number of carbonyl (C=O) groups is 2. The summed E-state index contributed by atoms with van der Waals surface area (Å²) >= 11 is 0. The van der Waals surface area contributed by atoms with E-state index in [1.807, 2.05) is 7.05 Å². The van der Waals surface area contributed by atoms with Crippen LogP contribution in [0.1, 0.15) is 29.6 Å². The van der Waals surface area contributed by atoms with E-state index < -0.39 is 0 Å². The molecule has 2 atom stereocenters. The summed E-state index contributed by atoms with van der Waals surface area (Å²) in [5.41, 5.74) is 0.547. The smallest absolute Gasteiger partial charge is 0.307 e. The minimum atomic E-state index is -0.197. The number of rotatable bonds is 5. The molecular formula is C17H22N2O5. The number of esters is 1. The molecule has 2 aliphatic rings. The van der Waals surface area contributed by atoms with Gasteiger partial charge in [0.2, 0.25) is 6.79 Å². The summed E-state index contributed by atoms with van der Waals surface area (Å²) < 4.78 is 15.3. The van der Waals surface area contributed by atoms with Crippen LogP contribution in [0.5, 0.6) is 11.5 Å². The van der Waals surface area contributed by atoms with Crippen LogP contribution in [0.25, 0.3) is 0 Å². The van der Waals surface area contributed by atoms with Gasteiger partial charge in [0.25, 0.3) is 5.91 Å². The molecule has 130 valence electrons. The molecule has 0 aliphatic carbocycles. The molecular weight excluding hydrogens is 312 g/mol. The van der Waals surface area contributed by atoms with E-state index in [0.29, 0.717) is 30.0 Å². The lowest BCUT2D eigenvalue weighted by atomic mass is 10.1. The maximum Gasteiger partial charge on any atom is 0.307 e. The normalized spacial score (nSPS) is 22.4. The van der Waals surface area contributed by atoms with Crippen molar-refractivity contribution in [1.82, 2.24) is 10.2 Å². The molecule has 1 fully saturated rings. The van der Waals surface area contributed by atoms with E-state index in [9.17, 15) is 9.59 Å². The Labute approximate surface area is 140 Å². The van der Waals surface area contributed by atoms with Crippen LogP contribution in [0.4, 0.5) is 0 Å². The van der Waals surface area contributed by atoms with Crippen molar-refractivity contribution in [3.8, 4) is 11.5 Å². The Balaban J connectivity index is 1.52. The van der Waals surface area contributed by atoms with Gasteiger partial charge >= 0.3 is 5.97 Å². The second-order valence-electron chi connectivity index (χ2n) is 6.11. The number of benzene rings is 1. The van der Waals surface area contributed by atoms with E-state index in [1.165, 1.54) is 7.11 Å². The zero-order chi connectivity index (χ0) is 17.1. The first-order valence-electron chi connectivity index (χ1n) is 8.05. The van der Waals surface area contributed by atoms with Gasteiger partial charge in [0.15, 0.2) is 11.5 Å². The highest BCUT2D eigenvalue weighted by Crippen LogP contribution is 2.32. The molecule has 2 aliphatic heterocycles. The maximum absolute atomic E-state index is 12.3. The number of hydrogen-bond donors (Lipinski definition) is 1. The van der Waals surface area contributed by atoms with Crippen molar-refractivity contribution >= 4 is 11.9 Å². The SMILES string of the molecule is COC(=O)C[C@H]1CC[C@@H](CNC(=O)c2ccc3c(c2)OCO3)N1C. The molecule has 0 bridgehead atoms. The van der Waals surface area contributed by atoms with E-state index in [2.05, 4.69) is 10.2 Å². The third-order valence-electron chi connectivity index (χ3n) is 4.75. The van der Waals surface area contributed by atoms with Gasteiger partial charge in [0.05, 0.1) is 13.5 Å². The zero-order valence-electron chi connectivity index (χ0n) is 13.9. The molecule has 1 aromatic rings. The number of nitrogens with one attached hydrogen (secondary N) is 1. The van der Waals surface area contributed by atoms with Gasteiger partial charge in [0, 0.05) is 24.2 Å². The molecule has 0 unspecified atom stereocenters. The van der Waals surface area contributed by atoms with Gasteiger partial charge in [-0.1, -0.05) is 0 Å². The number of hydrogen-bond acceptors (Lipinski definition) is 6. The average Bonchev–Trinajstić information content (AvgIpc) is 3.19. The minimum Gasteiger partial charge on any atom is -0.469 e. The Bertz CT molecular complexity index is 633. The summed E-state index contributed by atoms with van der Waals surface area (Å²) in [6.45, 7) is 0.732. The minimum absolute atomic E-state index is 0.141. The first-order chi connectivity index (χ1) is 11.6. The van der Waals surface area contributed by atoms with Gasteiger partial charge in [-0.2, -0.15) is 0 Å². The van der Waals surface area contributed by atoms with Crippen molar-refractivity contribution in [1.29, 1.82) is 0 Å². The number of fused-ring (bicyclic) bond motifs is 1. The van der Waals surface area contributed by atoms with Gasteiger partial charge in [0.1, 0.15) is 0 Å². The quantitative estimate of drug-likeness (QED) is 0.815. The predicted octanol–water partition coefficient (Wildman–Crippen LogP) is 1.17. The second kappa shape index (κ2) is 7.09. The molecule has 1 aromatic carbocycles. The molecule has 24 heavy (non-hydrogen) atoms. The second-order valence-corrected chi connectivity index (χ2v) is 6.11. The molecule has 3 rings (SSSR count). The Hall–Kier alpha value is -2.28. The summed E-state index contributed by atoms with van der Waals surface area (Å²) in [4.78, 5) is 25.9. The summed E-state index contributed by atoms with van der Waals surface area (Å²) in [5, 5.41) is 2.96. The van der Waals surface area contributed by atoms with Crippen molar-refractivity contribution < 1.29 is 23.8 Å². The molecule has 0 saturated carbocycles. The van der Waals surface area contributed by atoms with Gasteiger partial charge in [-0.25, -0.2) is 0 Å². The third kappa shape index (κ3) is 3.46. The van der Waals surface area contributed by atoms with Crippen LogP contribution in [0.2, 0.25) is 0 Å². The van der Waals surface area contributed by atoms with Crippen LogP contribution in [0.3, 0.4) is 0 Å². The molecule has 0 spiro atoms. The standard InChI is InChI=1S/C17H22N2O5/c1-19-12(8-16(20)22-2)4-5-13(19)9-18-17(21)11-3-6-14-15(7-11)24-10-23-14/h3,6-7,12-13H,4-5,8-10H2,1-2H3,(H,18,21)/t12-,13+/m1/s1. The summed E-state index contributed by atoms with van der Waals surface area (Å²) in [6.07, 6.45) is 2.26. The van der Waals surface area contributed by atoms with E-state index in [4.69, 9.17) is 14.2 Å². The fourth-order valence-electron chi connectivity index (χ4n) is 3.21. The van der Waals surface area contributed by atoms with E-state index in [0.717, 1.165) is 12.8 Å². The Morgan fingerprint density at radius 3 is 2.79 bits per heavy atom. The van der Waals surface area contributed by atoms with Crippen LogP contribution in [0.15, 0.2) is 18.2 Å². The highest BCUT2D eigenvalue weighted by molar-refractivity contribution is 5.94. The Kier molecular flexibility index (Phi) is 4.89. The highest BCUT2D eigenvalue weighted by Gasteiger charge is 2.32. The van der Waals surface area contributed by atoms with E-state index in [1.54, 1.807) is 18.2 Å². The van der Waals surface area contributed by atoms with Crippen LogP contribution in [-0.4, -0.2) is 56.4 Å². The Morgan fingerprint density at radius 1 is 1.25 bits per heavy atom. The van der Waals surface area contributed by atoms with Gasteiger partial charge < -0.3 is 19.5 Å². The Morgan fingerprint density at radius 2 is 2.00 bits per heavy atom.